The number of hydrogen-bond donors (Lipinski definition) is 1. The predicted octanol–water partition coefficient (Wildman–Crippen LogP) is 4.16. The number of rotatable bonds is 6. The topological polar surface area (TPSA) is 12.0 Å². The van der Waals surface area contributed by atoms with Crippen LogP contribution < -0.4 is 5.32 Å². The van der Waals surface area contributed by atoms with Gasteiger partial charge in [0.2, 0.25) is 0 Å². The molecule has 1 aromatic carbocycles. The maximum atomic E-state index is 13.1. The minimum atomic E-state index is -0.198. The summed E-state index contributed by atoms with van der Waals surface area (Å²) in [6.07, 6.45) is 2.10. The van der Waals surface area contributed by atoms with Gasteiger partial charge in [-0.15, -0.1) is 0 Å². The lowest BCUT2D eigenvalue weighted by atomic mass is 9.85. The fourth-order valence-corrected chi connectivity index (χ4v) is 2.29. The minimum absolute atomic E-state index is 0.187. The van der Waals surface area contributed by atoms with Crippen molar-refractivity contribution < 1.29 is 4.39 Å². The summed E-state index contributed by atoms with van der Waals surface area (Å²) in [6, 6.07) is 5.26. The average molecular weight is 302 g/mol. The number of halogens is 2. The van der Waals surface area contributed by atoms with Crippen LogP contribution in [0.2, 0.25) is 0 Å². The molecule has 17 heavy (non-hydrogen) atoms. The van der Waals surface area contributed by atoms with E-state index in [1.54, 1.807) is 0 Å². The van der Waals surface area contributed by atoms with E-state index in [2.05, 4.69) is 42.0 Å². The van der Waals surface area contributed by atoms with Gasteiger partial charge in [0.15, 0.2) is 0 Å². The summed E-state index contributed by atoms with van der Waals surface area (Å²) < 4.78 is 13.7. The van der Waals surface area contributed by atoms with Crippen LogP contribution in [0, 0.1) is 11.2 Å². The maximum Gasteiger partial charge on any atom is 0.137 e. The number of nitrogens with one attached hydrogen (secondary N) is 1. The van der Waals surface area contributed by atoms with Gasteiger partial charge in [-0.25, -0.2) is 4.39 Å². The highest BCUT2D eigenvalue weighted by molar-refractivity contribution is 9.10. The highest BCUT2D eigenvalue weighted by atomic mass is 79.9. The first-order valence-electron chi connectivity index (χ1n) is 6.09. The third-order valence-corrected chi connectivity index (χ3v) is 3.30. The van der Waals surface area contributed by atoms with Crippen molar-refractivity contribution in [1.29, 1.82) is 0 Å². The van der Waals surface area contributed by atoms with Gasteiger partial charge in [-0.2, -0.15) is 0 Å². The Kier molecular flexibility index (Phi) is 5.60. The Morgan fingerprint density at radius 2 is 2.06 bits per heavy atom. The molecule has 0 radical (unpaired) electrons. The van der Waals surface area contributed by atoms with E-state index in [4.69, 9.17) is 0 Å². The number of benzene rings is 1. The lowest BCUT2D eigenvalue weighted by molar-refractivity contribution is 0.338. The van der Waals surface area contributed by atoms with Crippen LogP contribution in [0.4, 0.5) is 4.39 Å². The first kappa shape index (κ1) is 14.7. The van der Waals surface area contributed by atoms with Crippen molar-refractivity contribution in [3.05, 3.63) is 34.1 Å². The highest BCUT2D eigenvalue weighted by Crippen LogP contribution is 2.24. The molecular formula is C14H21BrFN. The van der Waals surface area contributed by atoms with Crippen molar-refractivity contribution in [2.45, 2.75) is 33.6 Å². The zero-order valence-electron chi connectivity index (χ0n) is 10.8. The molecule has 0 bridgehead atoms. The monoisotopic (exact) mass is 301 g/mol. The molecule has 1 N–H and O–H groups in total. The summed E-state index contributed by atoms with van der Waals surface area (Å²) >= 11 is 3.23. The second kappa shape index (κ2) is 6.50. The molecule has 0 aromatic heterocycles. The molecule has 0 aliphatic carbocycles. The van der Waals surface area contributed by atoms with Crippen LogP contribution >= 0.6 is 15.9 Å². The van der Waals surface area contributed by atoms with Gasteiger partial charge in [0.05, 0.1) is 4.47 Å². The Hall–Kier alpha value is -0.410. The second-order valence-electron chi connectivity index (χ2n) is 5.27. The Balaban J connectivity index is 2.59. The van der Waals surface area contributed by atoms with Gasteiger partial charge in [0.25, 0.3) is 0 Å². The number of hydrogen-bond acceptors (Lipinski definition) is 1. The smallest absolute Gasteiger partial charge is 0.137 e. The molecule has 1 rings (SSSR count). The van der Waals surface area contributed by atoms with Crippen LogP contribution in [0.1, 0.15) is 32.8 Å². The molecular weight excluding hydrogens is 281 g/mol. The van der Waals surface area contributed by atoms with E-state index in [-0.39, 0.29) is 11.2 Å². The molecule has 1 nitrogen and oxygen atoms in total. The largest absolute Gasteiger partial charge is 0.316 e. The van der Waals surface area contributed by atoms with Crippen molar-refractivity contribution in [3.8, 4) is 0 Å². The molecule has 0 unspecified atom stereocenters. The van der Waals surface area contributed by atoms with E-state index in [0.29, 0.717) is 4.47 Å². The third-order valence-electron chi connectivity index (χ3n) is 2.70. The zero-order chi connectivity index (χ0) is 12.9. The molecule has 0 spiro atoms. The van der Waals surface area contributed by atoms with Gasteiger partial charge < -0.3 is 5.32 Å². The van der Waals surface area contributed by atoms with E-state index < -0.39 is 0 Å². The SMILES string of the molecule is CCCNCC(C)(C)Cc1ccc(F)c(Br)c1. The Bertz CT molecular complexity index is 363. The fraction of sp³-hybridized carbons (Fsp3) is 0.571. The normalized spacial score (nSPS) is 11.8. The summed E-state index contributed by atoms with van der Waals surface area (Å²) in [5, 5.41) is 3.44. The van der Waals surface area contributed by atoms with Crippen LogP contribution in [-0.2, 0) is 6.42 Å². The molecule has 3 heteroatoms. The molecule has 0 atom stereocenters. The predicted molar refractivity (Wildman–Crippen MR) is 74.7 cm³/mol. The Morgan fingerprint density at radius 3 is 2.65 bits per heavy atom. The van der Waals surface area contributed by atoms with Crippen molar-refractivity contribution in [2.24, 2.45) is 5.41 Å². The lowest BCUT2D eigenvalue weighted by Crippen LogP contribution is -2.31. The second-order valence-corrected chi connectivity index (χ2v) is 6.12. The standard InChI is InChI=1S/C14H21BrFN/c1-4-7-17-10-14(2,3)9-11-5-6-13(16)12(15)8-11/h5-6,8,17H,4,7,9-10H2,1-3H3. The van der Waals surface area contributed by atoms with Gasteiger partial charge >= 0.3 is 0 Å². The Labute approximate surface area is 112 Å². The fourth-order valence-electron chi connectivity index (χ4n) is 1.87. The molecule has 0 fully saturated rings. The van der Waals surface area contributed by atoms with Crippen LogP contribution in [-0.4, -0.2) is 13.1 Å². The molecule has 0 saturated heterocycles. The summed E-state index contributed by atoms with van der Waals surface area (Å²) in [6.45, 7) is 8.66. The molecule has 0 heterocycles. The summed E-state index contributed by atoms with van der Waals surface area (Å²) in [5.41, 5.74) is 1.36. The molecule has 0 aliphatic heterocycles. The zero-order valence-corrected chi connectivity index (χ0v) is 12.4. The molecule has 96 valence electrons. The van der Waals surface area contributed by atoms with E-state index in [9.17, 15) is 4.39 Å². The highest BCUT2D eigenvalue weighted by Gasteiger charge is 2.18. The van der Waals surface area contributed by atoms with Gasteiger partial charge in [0.1, 0.15) is 5.82 Å². The van der Waals surface area contributed by atoms with Crippen LogP contribution in [0.5, 0.6) is 0 Å². The lowest BCUT2D eigenvalue weighted by Gasteiger charge is -2.25. The van der Waals surface area contributed by atoms with Gasteiger partial charge in [0, 0.05) is 6.54 Å². The van der Waals surface area contributed by atoms with Gasteiger partial charge in [-0.05, 0) is 58.4 Å². The molecule has 0 amide bonds. The van der Waals surface area contributed by atoms with Crippen molar-refractivity contribution in [3.63, 3.8) is 0 Å². The molecule has 0 saturated carbocycles. The van der Waals surface area contributed by atoms with E-state index in [1.165, 1.54) is 11.6 Å². The average Bonchev–Trinajstić information content (AvgIpc) is 2.23. The summed E-state index contributed by atoms with van der Waals surface area (Å²) in [4.78, 5) is 0. The van der Waals surface area contributed by atoms with Crippen molar-refractivity contribution in [1.82, 2.24) is 5.32 Å². The first-order chi connectivity index (χ1) is 7.94. The van der Waals surface area contributed by atoms with Crippen LogP contribution in [0.25, 0.3) is 0 Å². The third kappa shape index (κ3) is 5.17. The molecule has 1 aromatic rings. The van der Waals surface area contributed by atoms with Crippen LogP contribution in [0.15, 0.2) is 22.7 Å². The van der Waals surface area contributed by atoms with E-state index in [1.807, 2.05) is 12.1 Å². The summed E-state index contributed by atoms with van der Waals surface area (Å²) in [5.74, 6) is -0.198. The van der Waals surface area contributed by atoms with Gasteiger partial charge in [-0.1, -0.05) is 26.8 Å². The maximum absolute atomic E-state index is 13.1. The first-order valence-corrected chi connectivity index (χ1v) is 6.88. The Morgan fingerprint density at radius 1 is 1.35 bits per heavy atom. The van der Waals surface area contributed by atoms with E-state index >= 15 is 0 Å². The minimum Gasteiger partial charge on any atom is -0.316 e. The van der Waals surface area contributed by atoms with Crippen LogP contribution in [0.3, 0.4) is 0 Å². The quantitative estimate of drug-likeness (QED) is 0.778. The van der Waals surface area contributed by atoms with Crippen molar-refractivity contribution >= 4 is 15.9 Å². The van der Waals surface area contributed by atoms with Gasteiger partial charge in [-0.3, -0.25) is 0 Å². The van der Waals surface area contributed by atoms with Crippen molar-refractivity contribution in [2.75, 3.05) is 13.1 Å². The molecule has 0 aliphatic rings. The summed E-state index contributed by atoms with van der Waals surface area (Å²) in [7, 11) is 0. The van der Waals surface area contributed by atoms with E-state index in [0.717, 1.165) is 25.9 Å².